The predicted octanol–water partition coefficient (Wildman–Crippen LogP) is 3.34. The molecule has 2 N–H and O–H groups in total. The van der Waals surface area contributed by atoms with Crippen LogP contribution >= 0.6 is 0 Å². The van der Waals surface area contributed by atoms with Crippen LogP contribution in [0, 0.1) is 11.2 Å². The molecule has 1 atom stereocenters. The Bertz CT molecular complexity index is 736. The van der Waals surface area contributed by atoms with E-state index >= 15 is 0 Å². The molecular weight excluding hydrogens is 307 g/mol. The highest BCUT2D eigenvalue weighted by atomic mass is 19.1. The number of halogens is 1. The average molecular weight is 330 g/mol. The zero-order chi connectivity index (χ0) is 17.3. The lowest BCUT2D eigenvalue weighted by Crippen LogP contribution is -2.41. The Kier molecular flexibility index (Phi) is 4.30. The minimum absolute atomic E-state index is 0.0367. The highest BCUT2D eigenvalue weighted by molar-refractivity contribution is 5.74. The number of nitrogens with one attached hydrogen (secondary N) is 2. The number of fused-ring (bicyclic) bond motifs is 1. The largest absolute Gasteiger partial charge is 0.338 e. The van der Waals surface area contributed by atoms with E-state index in [4.69, 9.17) is 0 Å². The minimum atomic E-state index is -0.268. The second-order valence-electron chi connectivity index (χ2n) is 7.04. The number of rotatable bonds is 3. The molecule has 1 aliphatic rings. The molecular formula is C18H23FN4O. The lowest BCUT2D eigenvalue weighted by atomic mass is 9.74. The molecule has 5 nitrogen and oxygen atoms in total. The summed E-state index contributed by atoms with van der Waals surface area (Å²) in [5.41, 5.74) is 2.96. The van der Waals surface area contributed by atoms with Crippen LogP contribution in [0.2, 0.25) is 0 Å². The van der Waals surface area contributed by atoms with Crippen LogP contribution in [0.4, 0.5) is 9.18 Å². The Labute approximate surface area is 141 Å². The van der Waals surface area contributed by atoms with Gasteiger partial charge in [-0.25, -0.2) is 13.9 Å². The van der Waals surface area contributed by atoms with Gasteiger partial charge in [0.25, 0.3) is 0 Å². The normalized spacial score (nSPS) is 18.8. The van der Waals surface area contributed by atoms with Gasteiger partial charge in [-0.15, -0.1) is 0 Å². The molecule has 6 heteroatoms. The van der Waals surface area contributed by atoms with Gasteiger partial charge in [0.05, 0.1) is 23.6 Å². The van der Waals surface area contributed by atoms with Crippen LogP contribution in [0.1, 0.15) is 44.5 Å². The van der Waals surface area contributed by atoms with E-state index in [1.165, 1.54) is 12.1 Å². The van der Waals surface area contributed by atoms with Gasteiger partial charge in [-0.1, -0.05) is 13.8 Å². The van der Waals surface area contributed by atoms with E-state index < -0.39 is 0 Å². The Morgan fingerprint density at radius 3 is 2.75 bits per heavy atom. The molecule has 0 radical (unpaired) electrons. The van der Waals surface area contributed by atoms with E-state index in [-0.39, 0.29) is 23.3 Å². The number of amides is 2. The molecule has 1 aliphatic carbocycles. The van der Waals surface area contributed by atoms with Gasteiger partial charge in [-0.2, -0.15) is 5.10 Å². The fourth-order valence-electron chi connectivity index (χ4n) is 3.35. The van der Waals surface area contributed by atoms with Crippen LogP contribution in [0.5, 0.6) is 0 Å². The standard InChI is InChI=1S/C18H23FN4O/c1-4-20-17(24)22-15-9-18(2,3)10-16-14(15)11-21-23(16)13-7-5-12(19)6-8-13/h5-8,11,15H,4,9-10H2,1-3H3,(H2,20,22,24)/t15-/m1/s1. The van der Waals surface area contributed by atoms with Gasteiger partial charge >= 0.3 is 6.03 Å². The van der Waals surface area contributed by atoms with Crippen molar-refractivity contribution in [1.29, 1.82) is 0 Å². The second-order valence-corrected chi connectivity index (χ2v) is 7.04. The molecule has 24 heavy (non-hydrogen) atoms. The molecule has 1 aromatic carbocycles. The van der Waals surface area contributed by atoms with Gasteiger partial charge in [0.1, 0.15) is 5.82 Å². The van der Waals surface area contributed by atoms with Crippen LogP contribution < -0.4 is 10.6 Å². The van der Waals surface area contributed by atoms with Gasteiger partial charge < -0.3 is 10.6 Å². The second kappa shape index (κ2) is 6.26. The molecule has 0 fully saturated rings. The highest BCUT2D eigenvalue weighted by Gasteiger charge is 2.35. The van der Waals surface area contributed by atoms with Crippen molar-refractivity contribution in [2.45, 2.75) is 39.7 Å². The van der Waals surface area contributed by atoms with Crippen LogP contribution in [0.25, 0.3) is 5.69 Å². The third kappa shape index (κ3) is 3.27. The van der Waals surface area contributed by atoms with Crippen molar-refractivity contribution in [3.8, 4) is 5.69 Å². The molecule has 3 rings (SSSR count). The Balaban J connectivity index is 1.96. The molecule has 0 unspecified atom stereocenters. The number of benzene rings is 1. The van der Waals surface area contributed by atoms with E-state index in [0.29, 0.717) is 6.54 Å². The number of hydrogen-bond donors (Lipinski definition) is 2. The molecule has 2 aromatic rings. The monoisotopic (exact) mass is 330 g/mol. The molecule has 0 spiro atoms. The number of carbonyl (C=O) groups excluding carboxylic acids is 1. The highest BCUT2D eigenvalue weighted by Crippen LogP contribution is 2.41. The topological polar surface area (TPSA) is 59.0 Å². The summed E-state index contributed by atoms with van der Waals surface area (Å²) in [6, 6.07) is 6.06. The van der Waals surface area contributed by atoms with Crippen molar-refractivity contribution in [1.82, 2.24) is 20.4 Å². The van der Waals surface area contributed by atoms with Crippen LogP contribution in [-0.2, 0) is 6.42 Å². The Morgan fingerprint density at radius 2 is 2.08 bits per heavy atom. The van der Waals surface area contributed by atoms with E-state index in [0.717, 1.165) is 29.8 Å². The number of aromatic nitrogens is 2. The van der Waals surface area contributed by atoms with Crippen molar-refractivity contribution in [3.63, 3.8) is 0 Å². The van der Waals surface area contributed by atoms with Gasteiger partial charge in [0.2, 0.25) is 0 Å². The molecule has 0 saturated carbocycles. The van der Waals surface area contributed by atoms with Gasteiger partial charge in [0.15, 0.2) is 0 Å². The molecule has 0 bridgehead atoms. The first-order valence-electron chi connectivity index (χ1n) is 8.27. The first-order chi connectivity index (χ1) is 11.4. The van der Waals surface area contributed by atoms with Crippen LogP contribution in [0.3, 0.4) is 0 Å². The first kappa shape index (κ1) is 16.5. The third-order valence-corrected chi connectivity index (χ3v) is 4.39. The maximum Gasteiger partial charge on any atom is 0.315 e. The van der Waals surface area contributed by atoms with Crippen LogP contribution in [-0.4, -0.2) is 22.4 Å². The molecule has 1 aromatic heterocycles. The third-order valence-electron chi connectivity index (χ3n) is 4.39. The van der Waals surface area contributed by atoms with E-state index in [1.807, 2.05) is 17.8 Å². The number of hydrogen-bond acceptors (Lipinski definition) is 2. The zero-order valence-corrected chi connectivity index (χ0v) is 14.3. The number of urea groups is 1. The summed E-state index contributed by atoms with van der Waals surface area (Å²) >= 11 is 0. The minimum Gasteiger partial charge on any atom is -0.338 e. The lowest BCUT2D eigenvalue weighted by Gasteiger charge is -2.35. The number of nitrogens with zero attached hydrogens (tertiary/aromatic N) is 2. The summed E-state index contributed by atoms with van der Waals surface area (Å²) < 4.78 is 15.0. The summed E-state index contributed by atoms with van der Waals surface area (Å²) in [5, 5.41) is 10.3. The van der Waals surface area contributed by atoms with Gasteiger partial charge in [-0.3, -0.25) is 0 Å². The van der Waals surface area contributed by atoms with Gasteiger partial charge in [-0.05, 0) is 49.4 Å². The maximum absolute atomic E-state index is 13.2. The van der Waals surface area contributed by atoms with Crippen molar-refractivity contribution >= 4 is 6.03 Å². The van der Waals surface area contributed by atoms with Gasteiger partial charge in [0, 0.05) is 12.1 Å². The van der Waals surface area contributed by atoms with Crippen molar-refractivity contribution < 1.29 is 9.18 Å². The molecule has 1 heterocycles. The smallest absolute Gasteiger partial charge is 0.315 e. The summed E-state index contributed by atoms with van der Waals surface area (Å²) in [6.07, 6.45) is 3.52. The summed E-state index contributed by atoms with van der Waals surface area (Å²) in [4.78, 5) is 12.0. The summed E-state index contributed by atoms with van der Waals surface area (Å²) in [6.45, 7) is 6.85. The number of carbonyl (C=O) groups is 1. The van der Waals surface area contributed by atoms with E-state index in [9.17, 15) is 9.18 Å². The summed E-state index contributed by atoms with van der Waals surface area (Å²) in [5.74, 6) is -0.268. The SMILES string of the molecule is CCNC(=O)N[C@@H]1CC(C)(C)Cc2c1cnn2-c1ccc(F)cc1. The average Bonchev–Trinajstić information content (AvgIpc) is 2.90. The van der Waals surface area contributed by atoms with E-state index in [1.54, 1.807) is 12.1 Å². The fourth-order valence-corrected chi connectivity index (χ4v) is 3.35. The zero-order valence-electron chi connectivity index (χ0n) is 14.3. The molecule has 0 saturated heterocycles. The van der Waals surface area contributed by atoms with Crippen LogP contribution in [0.15, 0.2) is 30.5 Å². The first-order valence-corrected chi connectivity index (χ1v) is 8.27. The Morgan fingerprint density at radius 1 is 1.38 bits per heavy atom. The van der Waals surface area contributed by atoms with Crippen molar-refractivity contribution in [2.24, 2.45) is 5.41 Å². The lowest BCUT2D eigenvalue weighted by molar-refractivity contribution is 0.221. The van der Waals surface area contributed by atoms with Crippen molar-refractivity contribution in [3.05, 3.63) is 47.5 Å². The Hall–Kier alpha value is -2.37. The molecule has 128 valence electrons. The van der Waals surface area contributed by atoms with E-state index in [2.05, 4.69) is 29.6 Å². The summed E-state index contributed by atoms with van der Waals surface area (Å²) in [7, 11) is 0. The predicted molar refractivity (Wildman–Crippen MR) is 90.6 cm³/mol. The molecule has 0 aliphatic heterocycles. The van der Waals surface area contributed by atoms with Crippen molar-refractivity contribution in [2.75, 3.05) is 6.54 Å². The quantitative estimate of drug-likeness (QED) is 0.907. The fraction of sp³-hybridized carbons (Fsp3) is 0.444. The molecule has 2 amide bonds. The maximum atomic E-state index is 13.2.